The molecule has 0 bridgehead atoms. The van der Waals surface area contributed by atoms with Crippen LogP contribution in [0.15, 0.2) is 29.1 Å². The van der Waals surface area contributed by atoms with Crippen LogP contribution < -0.4 is 5.56 Å². The highest BCUT2D eigenvalue weighted by Gasteiger charge is 2.22. The molecule has 0 aliphatic rings. The normalized spacial score (nSPS) is 12.5. The molecule has 0 spiro atoms. The summed E-state index contributed by atoms with van der Waals surface area (Å²) < 4.78 is 2.67. The van der Waals surface area contributed by atoms with Gasteiger partial charge in [-0.25, -0.2) is 14.2 Å². The average Bonchev–Trinajstić information content (AvgIpc) is 2.89. The second kappa shape index (κ2) is 5.59. The third-order valence-electron chi connectivity index (χ3n) is 4.15. The van der Waals surface area contributed by atoms with Gasteiger partial charge in [-0.05, 0) is 39.8 Å². The number of carboxylic acids is 1. The van der Waals surface area contributed by atoms with Crippen LogP contribution in [0.3, 0.4) is 0 Å². The fourth-order valence-corrected chi connectivity index (χ4v) is 2.76. The van der Waals surface area contributed by atoms with E-state index in [1.165, 1.54) is 6.92 Å². The minimum Gasteiger partial charge on any atom is -0.480 e. The number of carbonyl (C=O) groups is 1. The van der Waals surface area contributed by atoms with Gasteiger partial charge in [0.25, 0.3) is 5.56 Å². The SMILES string of the molecule is Cc1ccc(-n2nc3c(=O)n([C@@H](C)C(=O)O)nc(C)c3c2C)cc1. The van der Waals surface area contributed by atoms with Crippen molar-refractivity contribution in [1.82, 2.24) is 19.6 Å². The lowest BCUT2D eigenvalue weighted by molar-refractivity contribution is -0.140. The Labute approximate surface area is 138 Å². The second-order valence-corrected chi connectivity index (χ2v) is 5.91. The van der Waals surface area contributed by atoms with E-state index < -0.39 is 17.6 Å². The molecular formula is C17H18N4O3. The summed E-state index contributed by atoms with van der Waals surface area (Å²) in [5, 5.41) is 18.4. The number of rotatable bonds is 3. The molecule has 0 aliphatic heterocycles. The minimum absolute atomic E-state index is 0.230. The van der Waals surface area contributed by atoms with Crippen molar-refractivity contribution < 1.29 is 9.90 Å². The van der Waals surface area contributed by atoms with Gasteiger partial charge in [-0.3, -0.25) is 4.79 Å². The number of nitrogens with zero attached hydrogens (tertiary/aromatic N) is 4. The van der Waals surface area contributed by atoms with Gasteiger partial charge in [-0.2, -0.15) is 10.2 Å². The highest BCUT2D eigenvalue weighted by Crippen LogP contribution is 2.21. The molecule has 0 saturated heterocycles. The molecule has 0 amide bonds. The van der Waals surface area contributed by atoms with Crippen molar-refractivity contribution in [2.45, 2.75) is 33.7 Å². The molecule has 24 heavy (non-hydrogen) atoms. The summed E-state index contributed by atoms with van der Waals surface area (Å²) in [6.45, 7) is 7.04. The highest BCUT2D eigenvalue weighted by atomic mass is 16.4. The van der Waals surface area contributed by atoms with Gasteiger partial charge in [0.2, 0.25) is 0 Å². The lowest BCUT2D eigenvalue weighted by atomic mass is 10.2. The average molecular weight is 326 g/mol. The molecule has 3 rings (SSSR count). The van der Waals surface area contributed by atoms with E-state index >= 15 is 0 Å². The van der Waals surface area contributed by atoms with Crippen LogP contribution in [-0.4, -0.2) is 30.6 Å². The fraction of sp³-hybridized carbons (Fsp3) is 0.294. The number of aromatic nitrogens is 4. The summed E-state index contributed by atoms with van der Waals surface area (Å²) >= 11 is 0. The van der Waals surface area contributed by atoms with Crippen LogP contribution in [0.4, 0.5) is 0 Å². The first-order chi connectivity index (χ1) is 11.3. The molecule has 0 fully saturated rings. The van der Waals surface area contributed by atoms with Crippen molar-refractivity contribution >= 4 is 16.9 Å². The zero-order valence-corrected chi connectivity index (χ0v) is 13.9. The van der Waals surface area contributed by atoms with Crippen LogP contribution in [0.25, 0.3) is 16.6 Å². The number of hydrogen-bond acceptors (Lipinski definition) is 4. The van der Waals surface area contributed by atoms with Crippen molar-refractivity contribution in [2.24, 2.45) is 0 Å². The fourth-order valence-electron chi connectivity index (χ4n) is 2.76. The van der Waals surface area contributed by atoms with E-state index in [-0.39, 0.29) is 5.52 Å². The van der Waals surface area contributed by atoms with Gasteiger partial charge >= 0.3 is 5.97 Å². The molecule has 7 heteroatoms. The Bertz CT molecular complexity index is 999. The van der Waals surface area contributed by atoms with Gasteiger partial charge in [0, 0.05) is 0 Å². The van der Waals surface area contributed by atoms with Gasteiger partial charge < -0.3 is 5.11 Å². The summed E-state index contributed by atoms with van der Waals surface area (Å²) in [6, 6.07) is 6.74. The van der Waals surface area contributed by atoms with E-state index in [1.54, 1.807) is 11.6 Å². The Kier molecular flexibility index (Phi) is 3.71. The molecule has 124 valence electrons. The predicted octanol–water partition coefficient (Wildman–Crippen LogP) is 2.15. The van der Waals surface area contributed by atoms with Crippen molar-refractivity contribution in [3.05, 3.63) is 51.6 Å². The number of aliphatic carboxylic acids is 1. The molecule has 1 aromatic carbocycles. The molecular weight excluding hydrogens is 308 g/mol. The molecule has 0 radical (unpaired) electrons. The van der Waals surface area contributed by atoms with Crippen LogP contribution in [0.2, 0.25) is 0 Å². The monoisotopic (exact) mass is 326 g/mol. The van der Waals surface area contributed by atoms with Gasteiger partial charge in [0.1, 0.15) is 0 Å². The molecule has 2 aromatic heterocycles. The van der Waals surface area contributed by atoms with E-state index in [2.05, 4.69) is 10.2 Å². The second-order valence-electron chi connectivity index (χ2n) is 5.91. The highest BCUT2D eigenvalue weighted by molar-refractivity contribution is 5.83. The number of fused-ring (bicyclic) bond motifs is 1. The Hall–Kier alpha value is -2.96. The number of aryl methyl sites for hydroxylation is 3. The van der Waals surface area contributed by atoms with Gasteiger partial charge in [-0.1, -0.05) is 17.7 Å². The van der Waals surface area contributed by atoms with Gasteiger partial charge in [-0.15, -0.1) is 0 Å². The lowest BCUT2D eigenvalue weighted by Gasteiger charge is -2.10. The Balaban J connectivity index is 2.30. The third-order valence-corrected chi connectivity index (χ3v) is 4.15. The lowest BCUT2D eigenvalue weighted by Crippen LogP contribution is -2.31. The zero-order chi connectivity index (χ0) is 17.6. The summed E-state index contributed by atoms with van der Waals surface area (Å²) in [7, 11) is 0. The van der Waals surface area contributed by atoms with Crippen molar-refractivity contribution in [1.29, 1.82) is 0 Å². The standard InChI is InChI=1S/C17H18N4O3/c1-9-5-7-13(8-6-9)20-11(3)14-10(2)18-21(12(4)17(23)24)16(22)15(14)19-20/h5-8,12H,1-4H3,(H,23,24)/t12-/m0/s1. The summed E-state index contributed by atoms with van der Waals surface area (Å²) in [4.78, 5) is 23.8. The van der Waals surface area contributed by atoms with Gasteiger partial charge in [0.05, 0.1) is 22.5 Å². The minimum atomic E-state index is -1.11. The quantitative estimate of drug-likeness (QED) is 0.796. The summed E-state index contributed by atoms with van der Waals surface area (Å²) in [5.74, 6) is -1.11. The molecule has 1 atom stereocenters. The first kappa shape index (κ1) is 15.9. The van der Waals surface area contributed by atoms with Crippen LogP contribution in [0.5, 0.6) is 0 Å². The van der Waals surface area contributed by atoms with Crippen molar-refractivity contribution in [3.8, 4) is 5.69 Å². The zero-order valence-electron chi connectivity index (χ0n) is 13.9. The number of benzene rings is 1. The Morgan fingerprint density at radius 1 is 1.12 bits per heavy atom. The predicted molar refractivity (Wildman–Crippen MR) is 89.7 cm³/mol. The first-order valence-corrected chi connectivity index (χ1v) is 7.60. The maximum atomic E-state index is 12.6. The summed E-state index contributed by atoms with van der Waals surface area (Å²) in [6.07, 6.45) is 0. The van der Waals surface area contributed by atoms with Crippen molar-refractivity contribution in [3.63, 3.8) is 0 Å². The van der Waals surface area contributed by atoms with E-state index in [0.29, 0.717) is 11.1 Å². The smallest absolute Gasteiger partial charge is 0.328 e. The molecule has 1 N–H and O–H groups in total. The van der Waals surface area contributed by atoms with Crippen molar-refractivity contribution in [2.75, 3.05) is 0 Å². The van der Waals surface area contributed by atoms with Crippen LogP contribution in [0, 0.1) is 20.8 Å². The Morgan fingerprint density at radius 2 is 1.75 bits per heavy atom. The molecule has 2 heterocycles. The van der Waals surface area contributed by atoms with E-state index in [0.717, 1.165) is 21.6 Å². The van der Waals surface area contributed by atoms with Gasteiger partial charge in [0.15, 0.2) is 11.6 Å². The molecule has 7 nitrogen and oxygen atoms in total. The summed E-state index contributed by atoms with van der Waals surface area (Å²) in [5.41, 5.74) is 3.07. The molecule has 0 aliphatic carbocycles. The third kappa shape index (κ3) is 2.38. The topological polar surface area (TPSA) is 90.0 Å². The molecule has 0 saturated carbocycles. The van der Waals surface area contributed by atoms with E-state index in [9.17, 15) is 9.59 Å². The molecule has 3 aromatic rings. The maximum Gasteiger partial charge on any atom is 0.328 e. The van der Waals surface area contributed by atoms with E-state index in [1.807, 2.05) is 38.1 Å². The van der Waals surface area contributed by atoms with Crippen LogP contribution in [0.1, 0.15) is 29.9 Å². The molecule has 0 unspecified atom stereocenters. The first-order valence-electron chi connectivity index (χ1n) is 7.60. The maximum absolute atomic E-state index is 12.6. The Morgan fingerprint density at radius 3 is 2.33 bits per heavy atom. The van der Waals surface area contributed by atoms with Crippen LogP contribution >= 0.6 is 0 Å². The van der Waals surface area contributed by atoms with Crippen LogP contribution in [-0.2, 0) is 4.79 Å². The largest absolute Gasteiger partial charge is 0.480 e. The number of hydrogen-bond donors (Lipinski definition) is 1. The van der Waals surface area contributed by atoms with E-state index in [4.69, 9.17) is 5.11 Å². The number of carboxylic acid groups (broad SMARTS) is 1.